The van der Waals surface area contributed by atoms with Gasteiger partial charge in [0.05, 0.1) is 11.1 Å². The summed E-state index contributed by atoms with van der Waals surface area (Å²) in [4.78, 5) is 19.4. The number of aromatic amines is 1. The number of nitrogens with zero attached hydrogens (tertiary/aromatic N) is 3. The molecule has 1 amide bonds. The topological polar surface area (TPSA) is 61.9 Å². The maximum atomic E-state index is 13.0. The predicted molar refractivity (Wildman–Crippen MR) is 92.7 cm³/mol. The number of pyridine rings is 1. The van der Waals surface area contributed by atoms with Crippen LogP contribution in [0.4, 0.5) is 0 Å². The van der Waals surface area contributed by atoms with Gasteiger partial charge in [0.1, 0.15) is 0 Å². The van der Waals surface area contributed by atoms with Crippen molar-refractivity contribution in [3.63, 3.8) is 0 Å². The Labute approximate surface area is 140 Å². The van der Waals surface area contributed by atoms with Gasteiger partial charge < -0.3 is 4.90 Å². The summed E-state index contributed by atoms with van der Waals surface area (Å²) in [5.74, 6) is 0.569. The summed E-state index contributed by atoms with van der Waals surface area (Å²) < 4.78 is 0. The Balaban J connectivity index is 1.55. The Bertz CT molecular complexity index is 838. The quantitative estimate of drug-likeness (QED) is 0.807. The molecule has 5 heteroatoms. The number of hydrogen-bond donors (Lipinski definition) is 1. The second-order valence-electron chi connectivity index (χ2n) is 6.43. The minimum atomic E-state index is 0.0913. The average Bonchev–Trinajstić information content (AvgIpc) is 3.14. The fraction of sp³-hybridized carbons (Fsp3) is 0.316. The van der Waals surface area contributed by atoms with E-state index in [0.717, 1.165) is 48.9 Å². The minimum Gasteiger partial charge on any atom is -0.338 e. The van der Waals surface area contributed by atoms with E-state index in [4.69, 9.17) is 0 Å². The van der Waals surface area contributed by atoms with E-state index in [1.165, 1.54) is 0 Å². The molecule has 1 saturated heterocycles. The van der Waals surface area contributed by atoms with Crippen molar-refractivity contribution in [3.8, 4) is 0 Å². The molecule has 0 bridgehead atoms. The van der Waals surface area contributed by atoms with Crippen molar-refractivity contribution < 1.29 is 4.79 Å². The SMILES string of the molecule is O=C(c1cccc2cccnc12)N1CCC[C@@H](Cc2ccn[nH]2)C1. The van der Waals surface area contributed by atoms with Crippen LogP contribution in [0.25, 0.3) is 10.9 Å². The number of benzene rings is 1. The fourth-order valence-corrected chi connectivity index (χ4v) is 3.57. The summed E-state index contributed by atoms with van der Waals surface area (Å²) >= 11 is 0. The molecule has 1 N–H and O–H groups in total. The third kappa shape index (κ3) is 2.89. The number of nitrogens with one attached hydrogen (secondary N) is 1. The molecule has 0 saturated carbocycles. The third-order valence-corrected chi connectivity index (χ3v) is 4.74. The van der Waals surface area contributed by atoms with Crippen molar-refractivity contribution in [2.24, 2.45) is 5.92 Å². The van der Waals surface area contributed by atoms with Gasteiger partial charge in [0, 0.05) is 36.6 Å². The van der Waals surface area contributed by atoms with E-state index < -0.39 is 0 Å². The summed E-state index contributed by atoms with van der Waals surface area (Å²) in [5, 5.41) is 8.04. The predicted octanol–water partition coefficient (Wildman–Crippen LogP) is 3.05. The highest BCUT2D eigenvalue weighted by Gasteiger charge is 2.26. The van der Waals surface area contributed by atoms with E-state index in [-0.39, 0.29) is 5.91 Å². The minimum absolute atomic E-state index is 0.0913. The monoisotopic (exact) mass is 320 g/mol. The first-order valence-electron chi connectivity index (χ1n) is 8.42. The van der Waals surface area contributed by atoms with Crippen LogP contribution in [0.3, 0.4) is 0 Å². The second kappa shape index (κ2) is 6.43. The van der Waals surface area contributed by atoms with Gasteiger partial charge in [-0.05, 0) is 43.4 Å². The molecular formula is C19H20N4O. The van der Waals surface area contributed by atoms with Crippen LogP contribution in [0, 0.1) is 5.92 Å². The molecule has 24 heavy (non-hydrogen) atoms. The molecule has 122 valence electrons. The fourth-order valence-electron chi connectivity index (χ4n) is 3.57. The summed E-state index contributed by atoms with van der Waals surface area (Å²) in [6, 6.07) is 11.7. The maximum absolute atomic E-state index is 13.0. The van der Waals surface area contributed by atoms with Gasteiger partial charge in [-0.25, -0.2) is 0 Å². The van der Waals surface area contributed by atoms with Crippen LogP contribution in [-0.4, -0.2) is 39.1 Å². The molecule has 1 aromatic carbocycles. The van der Waals surface area contributed by atoms with Crippen molar-refractivity contribution in [3.05, 3.63) is 60.0 Å². The highest BCUT2D eigenvalue weighted by atomic mass is 16.2. The molecule has 1 aliphatic heterocycles. The number of aromatic nitrogens is 3. The van der Waals surface area contributed by atoms with Gasteiger partial charge in [-0.1, -0.05) is 18.2 Å². The van der Waals surface area contributed by atoms with Crippen LogP contribution < -0.4 is 0 Å². The van der Waals surface area contributed by atoms with E-state index in [1.54, 1.807) is 12.4 Å². The summed E-state index contributed by atoms with van der Waals surface area (Å²) in [6.07, 6.45) is 6.66. The summed E-state index contributed by atoms with van der Waals surface area (Å²) in [6.45, 7) is 1.61. The normalized spacial score (nSPS) is 18.0. The van der Waals surface area contributed by atoms with Gasteiger partial charge in [-0.15, -0.1) is 0 Å². The molecule has 3 aromatic rings. The molecule has 2 aromatic heterocycles. The lowest BCUT2D eigenvalue weighted by atomic mass is 9.93. The lowest BCUT2D eigenvalue weighted by molar-refractivity contribution is 0.0674. The molecule has 0 unspecified atom stereocenters. The molecule has 5 nitrogen and oxygen atoms in total. The first kappa shape index (κ1) is 14.9. The molecule has 3 heterocycles. The van der Waals surface area contributed by atoms with Gasteiger partial charge in [-0.3, -0.25) is 14.9 Å². The van der Waals surface area contributed by atoms with Crippen molar-refractivity contribution in [2.45, 2.75) is 19.3 Å². The van der Waals surface area contributed by atoms with Crippen LogP contribution in [0.5, 0.6) is 0 Å². The Morgan fingerprint density at radius 3 is 3.00 bits per heavy atom. The number of carbonyl (C=O) groups is 1. The Kier molecular flexibility index (Phi) is 3.99. The number of fused-ring (bicyclic) bond motifs is 1. The lowest BCUT2D eigenvalue weighted by Gasteiger charge is -2.32. The van der Waals surface area contributed by atoms with Crippen molar-refractivity contribution >= 4 is 16.8 Å². The number of likely N-dealkylation sites (tertiary alicyclic amines) is 1. The number of rotatable bonds is 3. The smallest absolute Gasteiger partial charge is 0.256 e. The highest BCUT2D eigenvalue weighted by Crippen LogP contribution is 2.24. The van der Waals surface area contributed by atoms with Crippen LogP contribution in [-0.2, 0) is 6.42 Å². The number of para-hydroxylation sites is 1. The zero-order chi connectivity index (χ0) is 16.4. The molecule has 1 atom stereocenters. The number of piperidine rings is 1. The zero-order valence-corrected chi connectivity index (χ0v) is 13.5. The number of H-pyrrole nitrogens is 1. The number of hydrogen-bond acceptors (Lipinski definition) is 3. The summed E-state index contributed by atoms with van der Waals surface area (Å²) in [7, 11) is 0. The zero-order valence-electron chi connectivity index (χ0n) is 13.5. The number of carbonyl (C=O) groups excluding carboxylic acids is 1. The van der Waals surface area contributed by atoms with Gasteiger partial charge in [-0.2, -0.15) is 5.10 Å². The van der Waals surface area contributed by atoms with Gasteiger partial charge in [0.15, 0.2) is 0 Å². The van der Waals surface area contributed by atoms with E-state index in [0.29, 0.717) is 11.5 Å². The van der Waals surface area contributed by atoms with Crippen LogP contribution in [0.1, 0.15) is 28.9 Å². The van der Waals surface area contributed by atoms with Crippen LogP contribution in [0.2, 0.25) is 0 Å². The van der Waals surface area contributed by atoms with E-state index in [1.807, 2.05) is 41.3 Å². The molecule has 1 fully saturated rings. The van der Waals surface area contributed by atoms with Crippen molar-refractivity contribution in [1.29, 1.82) is 0 Å². The van der Waals surface area contributed by atoms with Crippen LogP contribution >= 0.6 is 0 Å². The Hall–Kier alpha value is -2.69. The first-order chi connectivity index (χ1) is 11.8. The number of amides is 1. The summed E-state index contributed by atoms with van der Waals surface area (Å²) in [5.41, 5.74) is 2.64. The van der Waals surface area contributed by atoms with E-state index in [2.05, 4.69) is 15.2 Å². The lowest BCUT2D eigenvalue weighted by Crippen LogP contribution is -2.40. The average molecular weight is 320 g/mol. The Morgan fingerprint density at radius 1 is 1.21 bits per heavy atom. The Morgan fingerprint density at radius 2 is 2.12 bits per heavy atom. The standard InChI is InChI=1S/C19H20N4O/c24-19(17-7-1-5-15-6-2-9-20-18(15)17)23-11-3-4-14(13-23)12-16-8-10-21-22-16/h1-2,5-10,14H,3-4,11-13H2,(H,21,22)/t14-/m0/s1. The molecule has 0 aliphatic carbocycles. The maximum Gasteiger partial charge on any atom is 0.256 e. The third-order valence-electron chi connectivity index (χ3n) is 4.74. The van der Waals surface area contributed by atoms with Crippen molar-refractivity contribution in [2.75, 3.05) is 13.1 Å². The molecule has 4 rings (SSSR count). The van der Waals surface area contributed by atoms with E-state index >= 15 is 0 Å². The molecule has 1 aliphatic rings. The van der Waals surface area contributed by atoms with Gasteiger partial charge >= 0.3 is 0 Å². The van der Waals surface area contributed by atoms with Gasteiger partial charge in [0.2, 0.25) is 0 Å². The van der Waals surface area contributed by atoms with Gasteiger partial charge in [0.25, 0.3) is 5.91 Å². The highest BCUT2D eigenvalue weighted by molar-refractivity contribution is 6.05. The van der Waals surface area contributed by atoms with Crippen LogP contribution in [0.15, 0.2) is 48.8 Å². The first-order valence-corrected chi connectivity index (χ1v) is 8.42. The van der Waals surface area contributed by atoms with E-state index in [9.17, 15) is 4.79 Å². The largest absolute Gasteiger partial charge is 0.338 e. The molecular weight excluding hydrogens is 300 g/mol. The van der Waals surface area contributed by atoms with Crippen molar-refractivity contribution in [1.82, 2.24) is 20.1 Å². The molecule has 0 radical (unpaired) electrons. The molecule has 0 spiro atoms. The second-order valence-corrected chi connectivity index (χ2v) is 6.43.